The normalized spacial score (nSPS) is 20.3. The number of hydrogen-bond acceptors (Lipinski definition) is 4. The highest BCUT2D eigenvalue weighted by molar-refractivity contribution is 5.90. The second kappa shape index (κ2) is 9.09. The molecule has 2 atom stereocenters. The van der Waals surface area contributed by atoms with Crippen LogP contribution in [0.2, 0.25) is 0 Å². The number of fused-ring (bicyclic) bond motifs is 1. The molecule has 34 heavy (non-hydrogen) atoms. The summed E-state index contributed by atoms with van der Waals surface area (Å²) in [6.07, 6.45) is 1.60. The first kappa shape index (κ1) is 22.4. The monoisotopic (exact) mass is 470 g/mol. The highest BCUT2D eigenvalue weighted by Gasteiger charge is 2.40. The molecule has 1 aromatic carbocycles. The number of hydrogen-bond donors (Lipinski definition) is 2. The Hall–Kier alpha value is -3.40. The second-order valence-corrected chi connectivity index (χ2v) is 8.78. The van der Waals surface area contributed by atoms with Gasteiger partial charge in [-0.3, -0.25) is 15.2 Å². The number of nitrogens with zero attached hydrogens (tertiary/aromatic N) is 4. The van der Waals surface area contributed by atoms with E-state index in [1.54, 1.807) is 23.1 Å². The average Bonchev–Trinajstić information content (AvgIpc) is 3.50. The summed E-state index contributed by atoms with van der Waals surface area (Å²) in [6, 6.07) is 12.2. The van der Waals surface area contributed by atoms with Gasteiger partial charge in [-0.1, -0.05) is 24.3 Å². The zero-order valence-electron chi connectivity index (χ0n) is 18.4. The van der Waals surface area contributed by atoms with E-state index in [9.17, 15) is 18.0 Å². The van der Waals surface area contributed by atoms with Crippen LogP contribution in [0, 0.1) is 0 Å². The smallest absolute Gasteiger partial charge is 0.333 e. The maximum atomic E-state index is 13.1. The number of pyridine rings is 1. The summed E-state index contributed by atoms with van der Waals surface area (Å²) in [5.41, 5.74) is 3.60. The minimum absolute atomic E-state index is 0.0997. The van der Waals surface area contributed by atoms with Crippen molar-refractivity contribution in [2.24, 2.45) is 0 Å². The lowest BCUT2D eigenvalue weighted by molar-refractivity contribution is -0.143. The third-order valence-corrected chi connectivity index (χ3v) is 6.37. The topological polar surface area (TPSA) is 75.1 Å². The van der Waals surface area contributed by atoms with Crippen LogP contribution in [-0.2, 0) is 12.8 Å². The van der Waals surface area contributed by atoms with Gasteiger partial charge in [0.2, 0.25) is 0 Å². The molecule has 0 radical (unpaired) electrons. The molecule has 7 nitrogen and oxygen atoms in total. The predicted molar refractivity (Wildman–Crippen MR) is 121 cm³/mol. The van der Waals surface area contributed by atoms with E-state index in [1.165, 1.54) is 4.90 Å². The Morgan fingerprint density at radius 1 is 1.09 bits per heavy atom. The molecule has 2 aliphatic rings. The fourth-order valence-corrected chi connectivity index (χ4v) is 4.94. The zero-order valence-corrected chi connectivity index (χ0v) is 18.4. The Morgan fingerprint density at radius 2 is 1.91 bits per heavy atom. The number of aryl methyl sites for hydroxylation is 1. The van der Waals surface area contributed by atoms with Crippen LogP contribution in [0.25, 0.3) is 5.69 Å². The number of rotatable bonds is 5. The van der Waals surface area contributed by atoms with Gasteiger partial charge in [-0.25, -0.2) is 9.48 Å². The number of anilines is 1. The number of aromatic nitrogens is 3. The molecule has 3 heterocycles. The first-order chi connectivity index (χ1) is 16.4. The number of para-hydroxylation sites is 1. The van der Waals surface area contributed by atoms with Crippen molar-refractivity contribution < 1.29 is 18.0 Å². The third kappa shape index (κ3) is 4.77. The summed E-state index contributed by atoms with van der Waals surface area (Å²) in [7, 11) is 0. The number of amides is 2. The van der Waals surface area contributed by atoms with Gasteiger partial charge in [0.1, 0.15) is 5.82 Å². The number of halogens is 3. The van der Waals surface area contributed by atoms with Crippen molar-refractivity contribution in [1.29, 1.82) is 0 Å². The van der Waals surface area contributed by atoms with Gasteiger partial charge < -0.3 is 5.32 Å². The van der Waals surface area contributed by atoms with Crippen molar-refractivity contribution in [3.63, 3.8) is 0 Å². The van der Waals surface area contributed by atoms with Crippen LogP contribution < -0.4 is 10.6 Å². The maximum Gasteiger partial charge on any atom is 0.401 e. The Morgan fingerprint density at radius 3 is 2.65 bits per heavy atom. The molecule has 2 amide bonds. The zero-order chi connectivity index (χ0) is 23.7. The highest BCUT2D eigenvalue weighted by Crippen LogP contribution is 2.32. The van der Waals surface area contributed by atoms with Crippen LogP contribution in [0.1, 0.15) is 29.2 Å². The minimum atomic E-state index is -4.31. The molecule has 2 N–H and O–H groups in total. The molecule has 3 aromatic rings. The van der Waals surface area contributed by atoms with Crippen molar-refractivity contribution in [3.8, 4) is 5.69 Å². The van der Waals surface area contributed by atoms with Gasteiger partial charge in [-0.15, -0.1) is 0 Å². The Bertz CT molecular complexity index is 1150. The predicted octanol–water partition coefficient (Wildman–Crippen LogP) is 3.91. The highest BCUT2D eigenvalue weighted by atomic mass is 19.4. The molecule has 1 fully saturated rings. The fraction of sp³-hybridized carbons (Fsp3) is 0.375. The maximum absolute atomic E-state index is 13.1. The van der Waals surface area contributed by atoms with E-state index < -0.39 is 24.8 Å². The number of carbonyl (C=O) groups excluding carboxylic acids is 1. The second-order valence-electron chi connectivity index (χ2n) is 8.78. The summed E-state index contributed by atoms with van der Waals surface area (Å²) in [6.45, 7) is -0.728. The molecule has 1 saturated heterocycles. The number of alkyl halides is 3. The molecule has 178 valence electrons. The van der Waals surface area contributed by atoms with Crippen molar-refractivity contribution >= 4 is 11.8 Å². The van der Waals surface area contributed by atoms with E-state index in [0.29, 0.717) is 5.82 Å². The number of benzene rings is 1. The Kier molecular flexibility index (Phi) is 5.99. The molecule has 10 heteroatoms. The summed E-state index contributed by atoms with van der Waals surface area (Å²) in [5, 5.41) is 10.6. The van der Waals surface area contributed by atoms with Crippen LogP contribution in [0.15, 0.2) is 54.9 Å². The summed E-state index contributed by atoms with van der Waals surface area (Å²) in [5.74, 6) is 0.311. The molecular formula is C24H25F3N6O. The molecule has 5 rings (SSSR count). The summed E-state index contributed by atoms with van der Waals surface area (Å²) < 4.78 is 40.9. The lowest BCUT2D eigenvalue weighted by Gasteiger charge is -2.21. The Labute approximate surface area is 195 Å². The molecule has 0 saturated carbocycles. The van der Waals surface area contributed by atoms with Crippen molar-refractivity contribution in [2.45, 2.75) is 37.4 Å². The van der Waals surface area contributed by atoms with Crippen LogP contribution in [0.3, 0.4) is 0 Å². The van der Waals surface area contributed by atoms with Gasteiger partial charge in [0.15, 0.2) is 0 Å². The van der Waals surface area contributed by atoms with E-state index in [-0.39, 0.29) is 19.0 Å². The van der Waals surface area contributed by atoms with E-state index in [2.05, 4.69) is 15.6 Å². The summed E-state index contributed by atoms with van der Waals surface area (Å²) >= 11 is 0. The van der Waals surface area contributed by atoms with E-state index in [4.69, 9.17) is 5.10 Å². The third-order valence-electron chi connectivity index (χ3n) is 6.37. The standard InChI is InChI=1S/C24H25F3N6O/c25-24(26,27)15-32-13-19(16-6-5-11-28-12-16)21(14-32)29-23(34)30-22-18-9-4-10-20(18)31-33(22)17-7-2-1-3-8-17/h1-3,5-8,11-12,19,21H,4,9-10,13-15H2,(H2,29,30,34)/t19-,21+/m0/s1. The van der Waals surface area contributed by atoms with Gasteiger partial charge in [0, 0.05) is 37.0 Å². The van der Waals surface area contributed by atoms with E-state index in [0.717, 1.165) is 41.8 Å². The van der Waals surface area contributed by atoms with Crippen molar-refractivity contribution in [1.82, 2.24) is 25.0 Å². The van der Waals surface area contributed by atoms with Gasteiger partial charge in [0.05, 0.1) is 24.0 Å². The van der Waals surface area contributed by atoms with Crippen molar-refractivity contribution in [2.75, 3.05) is 25.0 Å². The molecular weight excluding hydrogens is 445 g/mol. The lowest BCUT2D eigenvalue weighted by atomic mass is 9.96. The Balaban J connectivity index is 1.36. The molecule has 0 spiro atoms. The lowest BCUT2D eigenvalue weighted by Crippen LogP contribution is -2.43. The van der Waals surface area contributed by atoms with Crippen LogP contribution in [-0.4, -0.2) is 57.5 Å². The van der Waals surface area contributed by atoms with Crippen LogP contribution >= 0.6 is 0 Å². The molecule has 0 unspecified atom stereocenters. The quantitative estimate of drug-likeness (QED) is 0.593. The number of carbonyl (C=O) groups is 1. The van der Waals surface area contributed by atoms with Gasteiger partial charge in [-0.2, -0.15) is 18.3 Å². The SMILES string of the molecule is O=C(Nc1c2c(nn1-c1ccccc1)CCC2)N[C@@H]1CN(CC(F)(F)F)C[C@H]1c1cccnc1. The molecule has 2 aromatic heterocycles. The van der Waals surface area contributed by atoms with Crippen LogP contribution in [0.5, 0.6) is 0 Å². The van der Waals surface area contributed by atoms with Gasteiger partial charge in [-0.05, 0) is 43.0 Å². The number of nitrogens with one attached hydrogen (secondary N) is 2. The van der Waals surface area contributed by atoms with Gasteiger partial charge >= 0.3 is 12.2 Å². The minimum Gasteiger partial charge on any atom is -0.333 e. The van der Waals surface area contributed by atoms with Crippen molar-refractivity contribution in [3.05, 3.63) is 71.7 Å². The average molecular weight is 470 g/mol. The number of urea groups is 1. The fourth-order valence-electron chi connectivity index (χ4n) is 4.94. The molecule has 0 bridgehead atoms. The van der Waals surface area contributed by atoms with Crippen LogP contribution in [0.4, 0.5) is 23.8 Å². The first-order valence-electron chi connectivity index (χ1n) is 11.3. The first-order valence-corrected chi connectivity index (χ1v) is 11.3. The van der Waals surface area contributed by atoms with E-state index in [1.807, 2.05) is 36.4 Å². The summed E-state index contributed by atoms with van der Waals surface area (Å²) in [4.78, 5) is 18.5. The van der Waals surface area contributed by atoms with E-state index >= 15 is 0 Å². The molecule has 1 aliphatic heterocycles. The molecule has 1 aliphatic carbocycles. The number of likely N-dealkylation sites (tertiary alicyclic amines) is 1. The largest absolute Gasteiger partial charge is 0.401 e. The van der Waals surface area contributed by atoms with Gasteiger partial charge in [0.25, 0.3) is 0 Å².